The van der Waals surface area contributed by atoms with Crippen molar-refractivity contribution in [2.45, 2.75) is 13.2 Å². The van der Waals surface area contributed by atoms with Gasteiger partial charge >= 0.3 is 0 Å². The second kappa shape index (κ2) is 12.5. The van der Waals surface area contributed by atoms with Crippen LogP contribution in [-0.2, 0) is 9.47 Å². The average Bonchev–Trinajstić information content (AvgIpc) is 2.79. The Morgan fingerprint density at radius 3 is 2.00 bits per heavy atom. The molecule has 1 unspecified atom stereocenters. The summed E-state index contributed by atoms with van der Waals surface area (Å²) < 4.78 is 33.1. The predicted octanol–water partition coefficient (Wildman–Crippen LogP) is 3.17. The van der Waals surface area contributed by atoms with Crippen molar-refractivity contribution in [3.05, 3.63) is 47.5 Å². The molecule has 1 atom stereocenters. The van der Waals surface area contributed by atoms with Crippen molar-refractivity contribution in [1.29, 1.82) is 0 Å². The van der Waals surface area contributed by atoms with Gasteiger partial charge in [0.15, 0.2) is 23.0 Å². The van der Waals surface area contributed by atoms with Crippen LogP contribution in [0, 0.1) is 0 Å². The molecule has 0 fully saturated rings. The number of aldehydes is 2. The summed E-state index contributed by atoms with van der Waals surface area (Å²) in [5, 5.41) is 0. The number of benzene rings is 2. The van der Waals surface area contributed by atoms with Gasteiger partial charge in [0.2, 0.25) is 6.29 Å². The van der Waals surface area contributed by atoms with Crippen LogP contribution < -0.4 is 18.9 Å². The number of carbonyl (C=O) groups excluding carboxylic acids is 2. The lowest BCUT2D eigenvalue weighted by molar-refractivity contribution is -0.120. The van der Waals surface area contributed by atoms with Gasteiger partial charge in [0, 0.05) is 17.7 Å². The van der Waals surface area contributed by atoms with Crippen molar-refractivity contribution < 1.29 is 38.0 Å². The molecule has 0 heterocycles. The normalized spacial score (nSPS) is 11.4. The van der Waals surface area contributed by atoms with Gasteiger partial charge in [-0.15, -0.1) is 0 Å². The summed E-state index contributed by atoms with van der Waals surface area (Å²) in [6, 6.07) is 9.78. The van der Waals surface area contributed by atoms with Gasteiger partial charge in [0.05, 0.1) is 20.8 Å². The first-order valence-corrected chi connectivity index (χ1v) is 9.40. The molecule has 0 radical (unpaired) electrons. The van der Waals surface area contributed by atoms with Crippen LogP contribution in [0.15, 0.2) is 36.4 Å². The van der Waals surface area contributed by atoms with Gasteiger partial charge < -0.3 is 28.4 Å². The highest BCUT2D eigenvalue weighted by Gasteiger charge is 2.15. The molecule has 2 aromatic rings. The Balaban J connectivity index is 1.85. The van der Waals surface area contributed by atoms with E-state index in [-0.39, 0.29) is 19.8 Å². The van der Waals surface area contributed by atoms with Crippen LogP contribution in [0.5, 0.6) is 23.0 Å². The van der Waals surface area contributed by atoms with E-state index in [1.165, 1.54) is 14.2 Å². The smallest absolute Gasteiger partial charge is 0.223 e. The Morgan fingerprint density at radius 2 is 1.43 bits per heavy atom. The monoisotopic (exact) mass is 418 g/mol. The van der Waals surface area contributed by atoms with Crippen molar-refractivity contribution in [3.63, 3.8) is 0 Å². The van der Waals surface area contributed by atoms with Crippen LogP contribution in [0.3, 0.4) is 0 Å². The van der Waals surface area contributed by atoms with Gasteiger partial charge in [0.1, 0.15) is 25.8 Å². The summed E-state index contributed by atoms with van der Waals surface area (Å²) in [4.78, 5) is 21.8. The van der Waals surface area contributed by atoms with E-state index in [9.17, 15) is 9.59 Å². The number of methoxy groups -OCH3 is 2. The van der Waals surface area contributed by atoms with Crippen LogP contribution in [0.1, 0.15) is 27.6 Å². The fourth-order valence-electron chi connectivity index (χ4n) is 2.57. The lowest BCUT2D eigenvalue weighted by Gasteiger charge is -2.20. The Bertz CT molecular complexity index is 821. The summed E-state index contributed by atoms with van der Waals surface area (Å²) in [5.74, 6) is 1.87. The fraction of sp³-hybridized carbons (Fsp3) is 0.364. The van der Waals surface area contributed by atoms with E-state index in [2.05, 4.69) is 0 Å². The maximum absolute atomic E-state index is 10.9. The molecule has 0 saturated heterocycles. The third kappa shape index (κ3) is 6.75. The molecule has 0 aliphatic carbocycles. The number of hydrogen-bond acceptors (Lipinski definition) is 8. The van der Waals surface area contributed by atoms with Crippen LogP contribution in [0.2, 0.25) is 0 Å². The van der Waals surface area contributed by atoms with Crippen molar-refractivity contribution in [2.24, 2.45) is 0 Å². The summed E-state index contributed by atoms with van der Waals surface area (Å²) in [7, 11) is 3.00. The SMILES string of the molecule is CCOC(COCCOc1ccc(C=O)cc1OC)Oc1ccc(C=O)cc1OC. The number of rotatable bonds is 14. The highest BCUT2D eigenvalue weighted by atomic mass is 16.7. The summed E-state index contributed by atoms with van der Waals surface area (Å²) >= 11 is 0. The third-order valence-corrected chi connectivity index (χ3v) is 4.00. The van der Waals surface area contributed by atoms with Gasteiger partial charge in [0.25, 0.3) is 0 Å². The van der Waals surface area contributed by atoms with Crippen molar-refractivity contribution in [1.82, 2.24) is 0 Å². The molecule has 0 N–H and O–H groups in total. The molecular weight excluding hydrogens is 392 g/mol. The maximum Gasteiger partial charge on any atom is 0.223 e. The first-order chi connectivity index (χ1) is 14.6. The van der Waals surface area contributed by atoms with Gasteiger partial charge in [-0.25, -0.2) is 0 Å². The minimum atomic E-state index is -0.660. The third-order valence-electron chi connectivity index (χ3n) is 4.00. The second-order valence-electron chi connectivity index (χ2n) is 5.98. The highest BCUT2D eigenvalue weighted by Crippen LogP contribution is 2.29. The van der Waals surface area contributed by atoms with E-state index >= 15 is 0 Å². The van der Waals surface area contributed by atoms with Gasteiger partial charge in [-0.2, -0.15) is 0 Å². The van der Waals surface area contributed by atoms with E-state index in [1.807, 2.05) is 6.92 Å². The molecule has 0 bridgehead atoms. The van der Waals surface area contributed by atoms with E-state index in [0.717, 1.165) is 12.6 Å². The van der Waals surface area contributed by atoms with E-state index < -0.39 is 6.29 Å². The molecule has 2 aromatic carbocycles. The van der Waals surface area contributed by atoms with Gasteiger partial charge in [-0.3, -0.25) is 9.59 Å². The predicted molar refractivity (Wildman–Crippen MR) is 109 cm³/mol. The number of hydrogen-bond donors (Lipinski definition) is 0. The van der Waals surface area contributed by atoms with Gasteiger partial charge in [-0.05, 0) is 43.3 Å². The molecule has 2 rings (SSSR count). The zero-order valence-electron chi connectivity index (χ0n) is 17.3. The zero-order chi connectivity index (χ0) is 21.8. The Hall–Kier alpha value is -3.10. The van der Waals surface area contributed by atoms with Crippen molar-refractivity contribution in [2.75, 3.05) is 40.6 Å². The summed E-state index contributed by atoms with van der Waals surface area (Å²) in [6.45, 7) is 3.00. The highest BCUT2D eigenvalue weighted by molar-refractivity contribution is 5.76. The van der Waals surface area contributed by atoms with Crippen LogP contribution >= 0.6 is 0 Å². The average molecular weight is 418 g/mol. The first kappa shape index (κ1) is 23.2. The van der Waals surface area contributed by atoms with Crippen LogP contribution in [0.25, 0.3) is 0 Å². The van der Waals surface area contributed by atoms with Crippen LogP contribution in [0.4, 0.5) is 0 Å². The van der Waals surface area contributed by atoms with Crippen LogP contribution in [-0.4, -0.2) is 59.5 Å². The molecule has 0 aliphatic rings. The molecule has 8 nitrogen and oxygen atoms in total. The minimum absolute atomic E-state index is 0.164. The zero-order valence-corrected chi connectivity index (χ0v) is 17.3. The molecule has 0 aromatic heterocycles. The minimum Gasteiger partial charge on any atom is -0.493 e. The largest absolute Gasteiger partial charge is 0.493 e. The summed E-state index contributed by atoms with van der Waals surface area (Å²) in [6.07, 6.45) is 0.814. The fourth-order valence-corrected chi connectivity index (χ4v) is 2.57. The lowest BCUT2D eigenvalue weighted by Crippen LogP contribution is -2.27. The van der Waals surface area contributed by atoms with Crippen molar-refractivity contribution >= 4 is 12.6 Å². The maximum atomic E-state index is 10.9. The Kier molecular flexibility index (Phi) is 9.63. The first-order valence-electron chi connectivity index (χ1n) is 9.40. The Labute approximate surface area is 175 Å². The van der Waals surface area contributed by atoms with Gasteiger partial charge in [-0.1, -0.05) is 0 Å². The van der Waals surface area contributed by atoms with E-state index in [0.29, 0.717) is 40.7 Å². The standard InChI is InChI=1S/C22H26O8/c1-4-28-22(30-19-8-6-17(14-24)12-21(19)26-3)15-27-9-10-29-18-7-5-16(13-23)11-20(18)25-2/h5-8,11-14,22H,4,9-10,15H2,1-3H3. The lowest BCUT2D eigenvalue weighted by atomic mass is 10.2. The Morgan fingerprint density at radius 1 is 0.833 bits per heavy atom. The molecule has 8 heteroatoms. The number of carbonyl (C=O) groups is 2. The molecule has 0 aliphatic heterocycles. The molecule has 0 amide bonds. The molecule has 0 spiro atoms. The molecule has 162 valence electrons. The van der Waals surface area contributed by atoms with E-state index in [1.54, 1.807) is 36.4 Å². The number of ether oxygens (including phenoxy) is 6. The molecule has 0 saturated carbocycles. The van der Waals surface area contributed by atoms with Crippen molar-refractivity contribution in [3.8, 4) is 23.0 Å². The van der Waals surface area contributed by atoms with E-state index in [4.69, 9.17) is 28.4 Å². The molecular formula is C22H26O8. The topological polar surface area (TPSA) is 89.5 Å². The second-order valence-corrected chi connectivity index (χ2v) is 5.98. The molecule has 30 heavy (non-hydrogen) atoms. The summed E-state index contributed by atoms with van der Waals surface area (Å²) in [5.41, 5.74) is 0.987. The quantitative estimate of drug-likeness (QED) is 0.263.